The second-order valence-corrected chi connectivity index (χ2v) is 16.8. The molecule has 1 aromatic heterocycles. The first-order valence-electron chi connectivity index (χ1n) is 12.1. The van der Waals surface area contributed by atoms with Crippen LogP contribution >= 0.6 is 0 Å². The van der Waals surface area contributed by atoms with Gasteiger partial charge < -0.3 is 19.8 Å². The van der Waals surface area contributed by atoms with Crippen molar-refractivity contribution in [2.75, 3.05) is 23.7 Å². The van der Waals surface area contributed by atoms with Gasteiger partial charge in [-0.2, -0.15) is 0 Å². The van der Waals surface area contributed by atoms with Crippen LogP contribution in [0, 0.1) is 5.92 Å². The first-order valence-corrected chi connectivity index (χ1v) is 15.0. The summed E-state index contributed by atoms with van der Waals surface area (Å²) in [5.41, 5.74) is 10.3. The molecule has 6 nitrogen and oxygen atoms in total. The van der Waals surface area contributed by atoms with Crippen molar-refractivity contribution < 1.29 is 14.0 Å². The Bertz CT molecular complexity index is 842. The number of nitrogens with two attached hydrogens (primary N) is 1. The van der Waals surface area contributed by atoms with Gasteiger partial charge in [0.15, 0.2) is 8.32 Å². The predicted molar refractivity (Wildman–Crippen MR) is 134 cm³/mol. The number of carbonyl (C=O) groups excluding carboxylic acids is 1. The third-order valence-electron chi connectivity index (χ3n) is 7.19. The van der Waals surface area contributed by atoms with Gasteiger partial charge in [0.25, 0.3) is 0 Å². The number of rotatable bonds is 5. The molecule has 0 amide bonds. The Kier molecular flexibility index (Phi) is 7.02. The highest BCUT2D eigenvalue weighted by molar-refractivity contribution is 6.74. The van der Waals surface area contributed by atoms with E-state index < -0.39 is 13.9 Å². The summed E-state index contributed by atoms with van der Waals surface area (Å²) in [6.07, 6.45) is 6.28. The van der Waals surface area contributed by atoms with Crippen molar-refractivity contribution in [1.29, 1.82) is 0 Å². The summed E-state index contributed by atoms with van der Waals surface area (Å²) in [6.45, 7) is 18.8. The van der Waals surface area contributed by atoms with E-state index in [-0.39, 0.29) is 23.0 Å². The number of anilines is 2. The van der Waals surface area contributed by atoms with E-state index in [0.29, 0.717) is 6.42 Å². The molecule has 0 saturated carbocycles. The number of fused-ring (bicyclic) bond motifs is 1. The molecular weight excluding hydrogens is 418 g/mol. The average Bonchev–Trinajstić information content (AvgIpc) is 3.09. The van der Waals surface area contributed by atoms with Gasteiger partial charge in [0.2, 0.25) is 0 Å². The molecule has 2 atom stereocenters. The highest BCUT2D eigenvalue weighted by atomic mass is 28.4. The number of piperidine rings is 1. The summed E-state index contributed by atoms with van der Waals surface area (Å²) in [5.74, 6) is -0.0848. The lowest BCUT2D eigenvalue weighted by Gasteiger charge is -2.46. The summed E-state index contributed by atoms with van der Waals surface area (Å²) < 4.78 is 12.5. The molecule has 32 heavy (non-hydrogen) atoms. The number of carbonyl (C=O) groups is 1. The van der Waals surface area contributed by atoms with Crippen molar-refractivity contribution in [3.63, 3.8) is 0 Å². The van der Waals surface area contributed by atoms with Crippen molar-refractivity contribution in [2.45, 2.75) is 103 Å². The lowest BCUT2D eigenvalue weighted by atomic mass is 9.90. The van der Waals surface area contributed by atoms with Gasteiger partial charge in [-0.05, 0) is 70.2 Å². The quantitative estimate of drug-likeness (QED) is 0.485. The highest BCUT2D eigenvalue weighted by Crippen LogP contribution is 2.42. The van der Waals surface area contributed by atoms with E-state index in [9.17, 15) is 4.79 Å². The number of nitrogen functional groups attached to an aromatic ring is 1. The van der Waals surface area contributed by atoms with Crippen LogP contribution in [0.2, 0.25) is 18.1 Å². The molecule has 1 aliphatic heterocycles. The zero-order valence-electron chi connectivity index (χ0n) is 21.4. The van der Waals surface area contributed by atoms with Crippen molar-refractivity contribution in [1.82, 2.24) is 4.98 Å². The first kappa shape index (κ1) is 25.0. The Balaban J connectivity index is 1.85. The van der Waals surface area contributed by atoms with Crippen LogP contribution in [0.3, 0.4) is 0 Å². The fraction of sp³-hybridized carbons (Fsp3) is 0.760. The third kappa shape index (κ3) is 5.65. The minimum atomic E-state index is -1.97. The number of hydrogen-bond acceptors (Lipinski definition) is 6. The summed E-state index contributed by atoms with van der Waals surface area (Å²) in [5, 5.41) is 0.122. The van der Waals surface area contributed by atoms with Crippen molar-refractivity contribution in [3.8, 4) is 0 Å². The molecule has 2 N–H and O–H groups in total. The van der Waals surface area contributed by atoms with Gasteiger partial charge in [-0.3, -0.25) is 9.78 Å². The van der Waals surface area contributed by atoms with Crippen molar-refractivity contribution in [2.24, 2.45) is 5.92 Å². The van der Waals surface area contributed by atoms with Crippen molar-refractivity contribution >= 4 is 25.7 Å². The van der Waals surface area contributed by atoms with E-state index in [2.05, 4.69) is 43.7 Å². The van der Waals surface area contributed by atoms with Crippen LogP contribution in [-0.4, -0.2) is 44.1 Å². The summed E-state index contributed by atoms with van der Waals surface area (Å²) in [4.78, 5) is 19.8. The van der Waals surface area contributed by atoms with E-state index in [0.717, 1.165) is 50.1 Å². The number of nitrogens with zero attached hydrogens (tertiary/aromatic N) is 2. The summed E-state index contributed by atoms with van der Waals surface area (Å²) >= 11 is 0. The number of aryl methyl sites for hydroxylation is 1. The van der Waals surface area contributed by atoms with Crippen LogP contribution in [0.5, 0.6) is 0 Å². The minimum absolute atomic E-state index is 0.0516. The molecule has 0 radical (unpaired) electrons. The number of ether oxygens (including phenoxy) is 1. The van der Waals surface area contributed by atoms with Crippen LogP contribution < -0.4 is 10.6 Å². The van der Waals surface area contributed by atoms with Crippen LogP contribution in [0.15, 0.2) is 6.20 Å². The van der Waals surface area contributed by atoms with Gasteiger partial charge in [-0.1, -0.05) is 20.8 Å². The molecule has 180 valence electrons. The smallest absolute Gasteiger partial charge is 0.306 e. The summed E-state index contributed by atoms with van der Waals surface area (Å²) in [6, 6.07) is 0. The molecule has 0 unspecified atom stereocenters. The third-order valence-corrected chi connectivity index (χ3v) is 11.7. The Morgan fingerprint density at radius 3 is 2.53 bits per heavy atom. The highest BCUT2D eigenvalue weighted by Gasteiger charge is 2.43. The van der Waals surface area contributed by atoms with E-state index in [1.165, 1.54) is 11.3 Å². The Morgan fingerprint density at radius 2 is 1.91 bits per heavy atom. The standard InChI is InChI=1S/C25H43N3O3Si/c1-24(2,3)30-22(29)14-17-16-28(13-12-21(17)31-32(7,8)25(4,5)6)23-18-10-9-11-20(18)27-15-19(23)26/h15,17,21H,9-14,16,26H2,1-8H3/t17-,21-/m1/s1. The topological polar surface area (TPSA) is 77.7 Å². The number of hydrogen-bond donors (Lipinski definition) is 1. The largest absolute Gasteiger partial charge is 0.460 e. The van der Waals surface area contributed by atoms with E-state index >= 15 is 0 Å². The van der Waals surface area contributed by atoms with Gasteiger partial charge in [0.1, 0.15) is 5.60 Å². The van der Waals surface area contributed by atoms with E-state index in [4.69, 9.17) is 14.9 Å². The van der Waals surface area contributed by atoms with Crippen LogP contribution in [-0.2, 0) is 26.8 Å². The van der Waals surface area contributed by atoms with Crippen LogP contribution in [0.25, 0.3) is 0 Å². The SMILES string of the molecule is CC(C)(C)OC(=O)C[C@@H]1CN(c2c(N)cnc3c2CCC3)CC[C@H]1O[Si](C)(C)C(C)(C)C. The molecule has 3 rings (SSSR count). The van der Waals surface area contributed by atoms with Gasteiger partial charge in [0.05, 0.1) is 30.1 Å². The number of pyridine rings is 1. The lowest BCUT2D eigenvalue weighted by Crippen LogP contribution is -2.52. The molecule has 7 heteroatoms. The Hall–Kier alpha value is -1.60. The zero-order valence-corrected chi connectivity index (χ0v) is 22.4. The average molecular weight is 462 g/mol. The molecule has 2 aliphatic rings. The maximum Gasteiger partial charge on any atom is 0.306 e. The monoisotopic (exact) mass is 461 g/mol. The van der Waals surface area contributed by atoms with E-state index in [1.807, 2.05) is 20.8 Å². The zero-order chi connectivity index (χ0) is 23.9. The maximum absolute atomic E-state index is 12.8. The van der Waals surface area contributed by atoms with Crippen molar-refractivity contribution in [3.05, 3.63) is 17.5 Å². The van der Waals surface area contributed by atoms with E-state index in [1.54, 1.807) is 6.20 Å². The second-order valence-electron chi connectivity index (χ2n) is 12.0. The van der Waals surface area contributed by atoms with Gasteiger partial charge in [-0.25, -0.2) is 0 Å². The van der Waals surface area contributed by atoms with Gasteiger partial charge in [-0.15, -0.1) is 0 Å². The lowest BCUT2D eigenvalue weighted by molar-refractivity contribution is -0.157. The van der Waals surface area contributed by atoms with Crippen LogP contribution in [0.4, 0.5) is 11.4 Å². The van der Waals surface area contributed by atoms with Gasteiger partial charge in [0, 0.05) is 24.7 Å². The fourth-order valence-corrected chi connectivity index (χ4v) is 6.02. The molecule has 1 aliphatic carbocycles. The Morgan fingerprint density at radius 1 is 1.22 bits per heavy atom. The van der Waals surface area contributed by atoms with Gasteiger partial charge >= 0.3 is 5.97 Å². The molecule has 1 fully saturated rings. The molecule has 1 aromatic rings. The minimum Gasteiger partial charge on any atom is -0.460 e. The maximum atomic E-state index is 12.8. The second kappa shape index (κ2) is 8.97. The molecule has 0 aromatic carbocycles. The number of esters is 1. The summed E-state index contributed by atoms with van der Waals surface area (Å²) in [7, 11) is -1.97. The normalized spacial score (nSPS) is 22.1. The van der Waals surface area contributed by atoms with Crippen LogP contribution in [0.1, 0.15) is 72.1 Å². The first-order chi connectivity index (χ1) is 14.7. The Labute approximate surface area is 195 Å². The molecule has 2 heterocycles. The number of aromatic nitrogens is 1. The molecule has 1 saturated heterocycles. The molecule has 0 bridgehead atoms. The molecule has 0 spiro atoms. The predicted octanol–water partition coefficient (Wildman–Crippen LogP) is 5.10. The fourth-order valence-electron chi connectivity index (χ4n) is 4.60. The molecular formula is C25H43N3O3Si.